The van der Waals surface area contributed by atoms with Gasteiger partial charge in [-0.2, -0.15) is 0 Å². The molecule has 0 saturated carbocycles. The summed E-state index contributed by atoms with van der Waals surface area (Å²) in [6, 6.07) is 10.3. The first-order chi connectivity index (χ1) is 24.3. The molecule has 3 unspecified atom stereocenters. The van der Waals surface area contributed by atoms with Gasteiger partial charge >= 0.3 is 0 Å². The highest BCUT2D eigenvalue weighted by Crippen LogP contribution is 2.38. The Morgan fingerprint density at radius 3 is 2.34 bits per heavy atom. The number of benzene rings is 2. The van der Waals surface area contributed by atoms with E-state index < -0.39 is 5.82 Å². The lowest BCUT2D eigenvalue weighted by Gasteiger charge is -2.31. The summed E-state index contributed by atoms with van der Waals surface area (Å²) in [7, 11) is 0. The van der Waals surface area contributed by atoms with Crippen LogP contribution in [0, 0.1) is 5.82 Å². The minimum atomic E-state index is -0.525. The van der Waals surface area contributed by atoms with Gasteiger partial charge < -0.3 is 25.0 Å². The summed E-state index contributed by atoms with van der Waals surface area (Å²) < 4.78 is 27.1. The van der Waals surface area contributed by atoms with Gasteiger partial charge in [-0.05, 0) is 61.9 Å². The van der Waals surface area contributed by atoms with E-state index >= 15 is 0 Å². The summed E-state index contributed by atoms with van der Waals surface area (Å²) in [6.07, 6.45) is 11.9. The molecule has 0 aliphatic carbocycles. The predicted molar refractivity (Wildman–Crippen MR) is 190 cm³/mol. The summed E-state index contributed by atoms with van der Waals surface area (Å²) >= 11 is 1.51. The number of piperidine rings is 1. The van der Waals surface area contributed by atoms with Crippen LogP contribution in [0.15, 0.2) is 36.4 Å². The number of hydrogen-bond acceptors (Lipinski definition) is 9. The number of halogens is 1. The van der Waals surface area contributed by atoms with E-state index in [9.17, 15) is 23.6 Å². The number of hydrogen-bond donors (Lipinski definition) is 3. The number of fused-ring (bicyclic) bond motifs is 3. The second-order valence-electron chi connectivity index (χ2n) is 13.5. The lowest BCUT2D eigenvalue weighted by Crippen LogP contribution is -2.42. The van der Waals surface area contributed by atoms with Gasteiger partial charge in [0.1, 0.15) is 5.52 Å². The molecular weight excluding hydrogens is 662 g/mol. The number of nitrogens with zero attached hydrogens (tertiary/aromatic N) is 2. The molecular formula is C37H46FN5O6S. The Kier molecular flexibility index (Phi) is 12.3. The van der Waals surface area contributed by atoms with Crippen LogP contribution in [0.4, 0.5) is 15.2 Å². The molecule has 3 aliphatic rings. The number of imide groups is 1. The Hall–Kier alpha value is -4.10. The fourth-order valence-corrected chi connectivity index (χ4v) is 7.88. The molecule has 0 radical (unpaired) electrons. The van der Waals surface area contributed by atoms with Gasteiger partial charge in [-0.1, -0.05) is 62.0 Å². The predicted octanol–water partition coefficient (Wildman–Crippen LogP) is 5.97. The number of aromatic nitrogens is 1. The Balaban J connectivity index is 0.786. The number of ether oxygens (including phenoxy) is 2. The molecule has 2 bridgehead atoms. The third kappa shape index (κ3) is 9.57. The van der Waals surface area contributed by atoms with Gasteiger partial charge in [0.15, 0.2) is 23.3 Å². The molecule has 6 rings (SSSR count). The van der Waals surface area contributed by atoms with E-state index in [1.54, 1.807) is 18.2 Å². The zero-order chi connectivity index (χ0) is 34.9. The van der Waals surface area contributed by atoms with Crippen molar-refractivity contribution in [1.29, 1.82) is 0 Å². The Bertz CT molecular complexity index is 1650. The van der Waals surface area contributed by atoms with Crippen LogP contribution in [0.2, 0.25) is 0 Å². The first-order valence-electron chi connectivity index (χ1n) is 17.9. The molecule has 3 aliphatic heterocycles. The highest BCUT2D eigenvalue weighted by Gasteiger charge is 2.35. The van der Waals surface area contributed by atoms with E-state index in [-0.39, 0.29) is 54.1 Å². The standard InChI is InChI=1S/C37H46FN5O6S/c38-29-17-18-30-34(42-37(50-30)43-21-26-14-15-27(22-43)49-26)35(29)48-23-33(46)39-20-8-6-4-2-1-3-5-7-9-31(44)40-25-12-10-24(11-13-25)28-16-19-32(45)41-36(28)47/h10-13,17-18,26-28H,1-9,14-16,19-23H2,(H,39,46)(H,40,44)(H,41,45,47). The third-order valence-corrected chi connectivity index (χ3v) is 10.7. The van der Waals surface area contributed by atoms with E-state index in [0.717, 1.165) is 92.7 Å². The van der Waals surface area contributed by atoms with Gasteiger partial charge in [-0.15, -0.1) is 0 Å². The molecule has 50 heavy (non-hydrogen) atoms. The molecule has 3 fully saturated rings. The first-order valence-corrected chi connectivity index (χ1v) is 18.8. The largest absolute Gasteiger partial charge is 0.478 e. The number of carbonyl (C=O) groups excluding carboxylic acids is 4. The van der Waals surface area contributed by atoms with Crippen molar-refractivity contribution >= 4 is 56.0 Å². The number of morpholine rings is 1. The molecule has 3 saturated heterocycles. The van der Waals surface area contributed by atoms with Crippen molar-refractivity contribution in [2.45, 2.75) is 102 Å². The summed E-state index contributed by atoms with van der Waals surface area (Å²) in [5.74, 6) is -1.65. The number of unbranched alkanes of at least 4 members (excludes halogenated alkanes) is 7. The van der Waals surface area contributed by atoms with Gasteiger partial charge in [-0.25, -0.2) is 9.37 Å². The molecule has 4 amide bonds. The first kappa shape index (κ1) is 35.7. The van der Waals surface area contributed by atoms with Gasteiger partial charge in [-0.3, -0.25) is 24.5 Å². The molecule has 3 N–H and O–H groups in total. The molecule has 1 aromatic heterocycles. The van der Waals surface area contributed by atoms with Crippen LogP contribution in [0.3, 0.4) is 0 Å². The maximum Gasteiger partial charge on any atom is 0.257 e. The van der Waals surface area contributed by atoms with Gasteiger partial charge in [0, 0.05) is 38.2 Å². The van der Waals surface area contributed by atoms with Crippen LogP contribution < -0.4 is 25.6 Å². The van der Waals surface area contributed by atoms with Crippen LogP contribution in [0.25, 0.3) is 10.2 Å². The maximum absolute atomic E-state index is 14.7. The number of rotatable bonds is 17. The van der Waals surface area contributed by atoms with E-state index in [4.69, 9.17) is 14.5 Å². The van der Waals surface area contributed by atoms with E-state index in [0.29, 0.717) is 37.0 Å². The monoisotopic (exact) mass is 707 g/mol. The van der Waals surface area contributed by atoms with Crippen molar-refractivity contribution < 1.29 is 33.0 Å². The molecule has 11 nitrogen and oxygen atoms in total. The minimum absolute atomic E-state index is 0.0235. The van der Waals surface area contributed by atoms with Gasteiger partial charge in [0.05, 0.1) is 22.8 Å². The number of carbonyl (C=O) groups is 4. The molecule has 3 atom stereocenters. The SMILES string of the molecule is O=C(COc1c(F)ccc2sc(N3CC4CCC(C3)O4)nc12)NCCCCCCCCCCC(=O)Nc1ccc(C2CCC(=O)NC2=O)cc1. The van der Waals surface area contributed by atoms with E-state index in [1.807, 2.05) is 12.1 Å². The lowest BCUT2D eigenvalue weighted by molar-refractivity contribution is -0.134. The average Bonchev–Trinajstić information content (AvgIpc) is 3.69. The van der Waals surface area contributed by atoms with Crippen molar-refractivity contribution in [1.82, 2.24) is 15.6 Å². The summed E-state index contributed by atoms with van der Waals surface area (Å²) in [4.78, 5) is 55.1. The normalized spacial score (nSPS) is 20.2. The third-order valence-electron chi connectivity index (χ3n) is 9.61. The van der Waals surface area contributed by atoms with E-state index in [2.05, 4.69) is 20.9 Å². The molecule has 2 aromatic carbocycles. The van der Waals surface area contributed by atoms with Crippen LogP contribution in [0.5, 0.6) is 5.75 Å². The lowest BCUT2D eigenvalue weighted by atomic mass is 9.90. The second-order valence-corrected chi connectivity index (χ2v) is 14.5. The van der Waals surface area contributed by atoms with Crippen LogP contribution in [-0.2, 0) is 23.9 Å². The Morgan fingerprint density at radius 1 is 0.920 bits per heavy atom. The van der Waals surface area contributed by atoms with Gasteiger partial charge in [0.2, 0.25) is 17.7 Å². The van der Waals surface area contributed by atoms with Crippen molar-refractivity contribution in [2.24, 2.45) is 0 Å². The van der Waals surface area contributed by atoms with Gasteiger partial charge in [0.25, 0.3) is 5.91 Å². The molecule has 13 heteroatoms. The molecule has 268 valence electrons. The van der Waals surface area contributed by atoms with Crippen molar-refractivity contribution in [3.05, 3.63) is 47.8 Å². The smallest absolute Gasteiger partial charge is 0.257 e. The van der Waals surface area contributed by atoms with Crippen molar-refractivity contribution in [3.8, 4) is 5.75 Å². The molecule has 0 spiro atoms. The van der Waals surface area contributed by atoms with Crippen LogP contribution in [-0.4, -0.2) is 67.1 Å². The van der Waals surface area contributed by atoms with Crippen molar-refractivity contribution in [2.75, 3.05) is 36.5 Å². The highest BCUT2D eigenvalue weighted by atomic mass is 32.1. The number of thiazole rings is 1. The summed E-state index contributed by atoms with van der Waals surface area (Å²) in [5, 5.41) is 8.99. The highest BCUT2D eigenvalue weighted by molar-refractivity contribution is 7.22. The summed E-state index contributed by atoms with van der Waals surface area (Å²) in [6.45, 7) is 1.85. The fourth-order valence-electron chi connectivity index (χ4n) is 6.90. The Labute approximate surface area is 295 Å². The minimum Gasteiger partial charge on any atom is -0.478 e. The fraction of sp³-hybridized carbons (Fsp3) is 0.541. The average molecular weight is 708 g/mol. The zero-order valence-corrected chi connectivity index (χ0v) is 29.2. The number of nitrogens with one attached hydrogen (secondary N) is 3. The van der Waals surface area contributed by atoms with Crippen LogP contribution in [0.1, 0.15) is 95.0 Å². The Morgan fingerprint density at radius 2 is 1.62 bits per heavy atom. The topological polar surface area (TPSA) is 139 Å². The molecule has 4 heterocycles. The van der Waals surface area contributed by atoms with Crippen LogP contribution >= 0.6 is 11.3 Å². The maximum atomic E-state index is 14.7. The quantitative estimate of drug-likeness (QED) is 0.115. The van der Waals surface area contributed by atoms with Crippen molar-refractivity contribution in [3.63, 3.8) is 0 Å². The van der Waals surface area contributed by atoms with E-state index in [1.165, 1.54) is 17.4 Å². The second kappa shape index (κ2) is 17.2. The number of amides is 4. The zero-order valence-electron chi connectivity index (χ0n) is 28.3. The summed E-state index contributed by atoms with van der Waals surface area (Å²) in [5.41, 5.74) is 1.99. The number of anilines is 2. The molecule has 3 aromatic rings.